The average Bonchev–Trinajstić information content (AvgIpc) is 2.95. The van der Waals surface area contributed by atoms with E-state index in [1.807, 2.05) is 13.8 Å². The van der Waals surface area contributed by atoms with Gasteiger partial charge in [0.05, 0.1) is 17.6 Å². The van der Waals surface area contributed by atoms with E-state index in [9.17, 15) is 9.59 Å². The van der Waals surface area contributed by atoms with Gasteiger partial charge in [0.1, 0.15) is 4.83 Å². The van der Waals surface area contributed by atoms with E-state index in [0.29, 0.717) is 28.1 Å². The molecule has 28 heavy (non-hydrogen) atoms. The number of thiophene rings is 1. The van der Waals surface area contributed by atoms with Gasteiger partial charge < -0.3 is 10.1 Å². The van der Waals surface area contributed by atoms with Crippen LogP contribution in [0.5, 0.6) is 0 Å². The SMILES string of the molecule is CCOC(=O)c1ccc(NC(=S)NNc2nc3sc(C)c(C)c3c(=O)[nH]2)cc1. The molecule has 0 amide bonds. The van der Waals surface area contributed by atoms with Crippen molar-refractivity contribution in [2.75, 3.05) is 17.3 Å². The molecule has 0 saturated heterocycles. The van der Waals surface area contributed by atoms with Gasteiger partial charge >= 0.3 is 5.97 Å². The highest BCUT2D eigenvalue weighted by atomic mass is 32.1. The van der Waals surface area contributed by atoms with Gasteiger partial charge in [0, 0.05) is 10.6 Å². The molecule has 0 atom stereocenters. The predicted octanol–water partition coefficient (Wildman–Crippen LogP) is 3.09. The molecule has 2 heterocycles. The molecule has 0 saturated carbocycles. The minimum Gasteiger partial charge on any atom is -0.462 e. The van der Waals surface area contributed by atoms with E-state index in [4.69, 9.17) is 17.0 Å². The van der Waals surface area contributed by atoms with E-state index in [0.717, 1.165) is 10.4 Å². The lowest BCUT2D eigenvalue weighted by molar-refractivity contribution is 0.0526. The van der Waals surface area contributed by atoms with Crippen molar-refractivity contribution in [1.82, 2.24) is 15.4 Å². The summed E-state index contributed by atoms with van der Waals surface area (Å²) in [6.07, 6.45) is 0. The number of aromatic nitrogens is 2. The number of nitrogens with zero attached hydrogens (tertiary/aromatic N) is 1. The molecular formula is C18H19N5O3S2. The summed E-state index contributed by atoms with van der Waals surface area (Å²) in [5.74, 6) is -0.110. The van der Waals surface area contributed by atoms with Gasteiger partial charge in [-0.1, -0.05) is 0 Å². The summed E-state index contributed by atoms with van der Waals surface area (Å²) in [5, 5.41) is 3.84. The number of H-pyrrole nitrogens is 1. The first-order valence-corrected chi connectivity index (χ1v) is 9.71. The van der Waals surface area contributed by atoms with Crippen molar-refractivity contribution >= 4 is 56.5 Å². The maximum Gasteiger partial charge on any atom is 0.338 e. The number of carbonyl (C=O) groups excluding carboxylic acids is 1. The highest BCUT2D eigenvalue weighted by molar-refractivity contribution is 7.80. The van der Waals surface area contributed by atoms with Crippen molar-refractivity contribution in [3.8, 4) is 0 Å². The number of hydrogen-bond donors (Lipinski definition) is 4. The van der Waals surface area contributed by atoms with Crippen LogP contribution in [0.15, 0.2) is 29.1 Å². The lowest BCUT2D eigenvalue weighted by Gasteiger charge is -2.12. The van der Waals surface area contributed by atoms with Gasteiger partial charge in [-0.25, -0.2) is 9.78 Å². The van der Waals surface area contributed by atoms with Gasteiger partial charge in [-0.2, -0.15) is 0 Å². The minimum absolute atomic E-state index is 0.204. The average molecular weight is 418 g/mol. The number of carbonyl (C=O) groups is 1. The Kier molecular flexibility index (Phi) is 5.90. The number of esters is 1. The van der Waals surface area contributed by atoms with E-state index in [2.05, 4.69) is 26.1 Å². The summed E-state index contributed by atoms with van der Waals surface area (Å²) in [6.45, 7) is 5.94. The molecule has 0 radical (unpaired) electrons. The number of fused-ring (bicyclic) bond motifs is 1. The molecule has 4 N–H and O–H groups in total. The van der Waals surface area contributed by atoms with Crippen LogP contribution in [0.2, 0.25) is 0 Å². The Morgan fingerprint density at radius 2 is 2.00 bits per heavy atom. The van der Waals surface area contributed by atoms with Gasteiger partial charge in [-0.05, 0) is 62.8 Å². The molecular weight excluding hydrogens is 398 g/mol. The molecule has 10 heteroatoms. The molecule has 0 fully saturated rings. The molecule has 0 bridgehead atoms. The third-order valence-corrected chi connectivity index (χ3v) is 5.29. The van der Waals surface area contributed by atoms with E-state index in [1.165, 1.54) is 11.3 Å². The van der Waals surface area contributed by atoms with Crippen LogP contribution in [-0.2, 0) is 4.74 Å². The van der Waals surface area contributed by atoms with Crippen LogP contribution in [0.4, 0.5) is 11.6 Å². The van der Waals surface area contributed by atoms with Crippen molar-refractivity contribution in [1.29, 1.82) is 0 Å². The number of aryl methyl sites for hydroxylation is 2. The molecule has 0 unspecified atom stereocenters. The van der Waals surface area contributed by atoms with Crippen LogP contribution >= 0.6 is 23.6 Å². The number of rotatable bonds is 5. The number of thiocarbonyl (C=S) groups is 1. The van der Waals surface area contributed by atoms with Crippen LogP contribution < -0.4 is 21.7 Å². The van der Waals surface area contributed by atoms with E-state index in [-0.39, 0.29) is 22.6 Å². The van der Waals surface area contributed by atoms with Crippen molar-refractivity contribution in [3.05, 3.63) is 50.6 Å². The zero-order valence-corrected chi connectivity index (χ0v) is 17.1. The van der Waals surface area contributed by atoms with Gasteiger partial charge in [0.2, 0.25) is 5.95 Å². The fraction of sp³-hybridized carbons (Fsp3) is 0.222. The maximum absolute atomic E-state index is 12.3. The summed E-state index contributed by atoms with van der Waals surface area (Å²) >= 11 is 6.69. The third kappa shape index (κ3) is 4.29. The lowest BCUT2D eigenvalue weighted by atomic mass is 10.2. The first kappa shape index (κ1) is 19.8. The minimum atomic E-state index is -0.374. The molecule has 2 aromatic heterocycles. The van der Waals surface area contributed by atoms with Crippen LogP contribution in [0.1, 0.15) is 27.7 Å². The third-order valence-electron chi connectivity index (χ3n) is 3.99. The molecule has 3 aromatic rings. The van der Waals surface area contributed by atoms with Crippen LogP contribution in [-0.4, -0.2) is 27.7 Å². The molecule has 146 valence electrons. The van der Waals surface area contributed by atoms with Crippen LogP contribution in [0.3, 0.4) is 0 Å². The summed E-state index contributed by atoms with van der Waals surface area (Å²) < 4.78 is 4.94. The number of anilines is 2. The quantitative estimate of drug-likeness (QED) is 0.285. The normalized spacial score (nSPS) is 10.5. The zero-order valence-electron chi connectivity index (χ0n) is 15.5. The molecule has 0 aliphatic rings. The summed E-state index contributed by atoms with van der Waals surface area (Å²) in [5.41, 5.74) is 7.44. The number of benzene rings is 1. The smallest absolute Gasteiger partial charge is 0.338 e. The second kappa shape index (κ2) is 8.36. The van der Waals surface area contributed by atoms with E-state index >= 15 is 0 Å². The van der Waals surface area contributed by atoms with Gasteiger partial charge in [-0.3, -0.25) is 20.6 Å². The van der Waals surface area contributed by atoms with Crippen molar-refractivity contribution in [2.45, 2.75) is 20.8 Å². The molecule has 1 aromatic carbocycles. The van der Waals surface area contributed by atoms with Crippen molar-refractivity contribution in [3.63, 3.8) is 0 Å². The maximum atomic E-state index is 12.3. The highest BCUT2D eigenvalue weighted by Gasteiger charge is 2.12. The fourth-order valence-electron chi connectivity index (χ4n) is 2.50. The highest BCUT2D eigenvalue weighted by Crippen LogP contribution is 2.26. The van der Waals surface area contributed by atoms with Crippen molar-refractivity contribution < 1.29 is 9.53 Å². The number of hydrogen-bond acceptors (Lipinski definition) is 7. The molecule has 8 nitrogen and oxygen atoms in total. The molecule has 3 rings (SSSR count). The number of aromatic amines is 1. The molecule has 0 aliphatic heterocycles. The molecule has 0 spiro atoms. The van der Waals surface area contributed by atoms with Gasteiger partial charge in [-0.15, -0.1) is 11.3 Å². The Morgan fingerprint density at radius 1 is 1.29 bits per heavy atom. The van der Waals surface area contributed by atoms with Crippen molar-refractivity contribution in [2.24, 2.45) is 0 Å². The Morgan fingerprint density at radius 3 is 2.68 bits per heavy atom. The zero-order chi connectivity index (χ0) is 20.3. The first-order valence-electron chi connectivity index (χ1n) is 8.49. The van der Waals surface area contributed by atoms with E-state index < -0.39 is 0 Å². The Bertz CT molecular complexity index is 1090. The Balaban J connectivity index is 1.62. The van der Waals surface area contributed by atoms with Crippen LogP contribution in [0, 0.1) is 13.8 Å². The topological polar surface area (TPSA) is 108 Å². The summed E-state index contributed by atoms with van der Waals surface area (Å²) in [6, 6.07) is 6.71. The second-order valence-corrected chi connectivity index (χ2v) is 7.49. The Labute approximate surface area is 170 Å². The summed E-state index contributed by atoms with van der Waals surface area (Å²) in [4.78, 5) is 32.7. The Hall–Kier alpha value is -2.98. The fourth-order valence-corrected chi connectivity index (χ4v) is 3.70. The number of nitrogens with one attached hydrogen (secondary N) is 4. The monoisotopic (exact) mass is 417 g/mol. The van der Waals surface area contributed by atoms with Gasteiger partial charge in [0.15, 0.2) is 5.11 Å². The van der Waals surface area contributed by atoms with E-state index in [1.54, 1.807) is 31.2 Å². The lowest BCUT2D eigenvalue weighted by Crippen LogP contribution is -2.34. The predicted molar refractivity (Wildman–Crippen MR) is 115 cm³/mol. The van der Waals surface area contributed by atoms with Gasteiger partial charge in [0.25, 0.3) is 5.56 Å². The summed E-state index contributed by atoms with van der Waals surface area (Å²) in [7, 11) is 0. The number of hydrazine groups is 1. The molecule has 0 aliphatic carbocycles. The first-order chi connectivity index (χ1) is 13.4. The standard InChI is InChI=1S/C18H19N5O3S2/c1-4-26-16(25)11-5-7-12(8-6-11)19-18(27)23-22-17-20-14(24)13-9(2)10(3)28-15(13)21-17/h5-8H,4H2,1-3H3,(H2,19,23,27)(H2,20,21,22,24). The second-order valence-electron chi connectivity index (χ2n) is 5.88. The largest absolute Gasteiger partial charge is 0.462 e. The van der Waals surface area contributed by atoms with Crippen LogP contribution in [0.25, 0.3) is 10.2 Å². The number of ether oxygens (including phenoxy) is 1.